The van der Waals surface area contributed by atoms with E-state index in [1.807, 2.05) is 12.1 Å². The number of hydrogen-bond acceptors (Lipinski definition) is 4. The van der Waals surface area contributed by atoms with Crippen LogP contribution < -0.4 is 4.74 Å². The van der Waals surface area contributed by atoms with Crippen molar-refractivity contribution in [2.24, 2.45) is 0 Å². The van der Waals surface area contributed by atoms with Gasteiger partial charge in [0.1, 0.15) is 5.75 Å². The lowest BCUT2D eigenvalue weighted by Gasteiger charge is -2.19. The summed E-state index contributed by atoms with van der Waals surface area (Å²) in [5.41, 5.74) is 0.647. The summed E-state index contributed by atoms with van der Waals surface area (Å²) < 4.78 is 5.62. The Morgan fingerprint density at radius 1 is 1.21 bits per heavy atom. The van der Waals surface area contributed by atoms with Gasteiger partial charge in [-0.05, 0) is 43.7 Å². The molecule has 0 aliphatic heterocycles. The van der Waals surface area contributed by atoms with Crippen molar-refractivity contribution in [2.75, 3.05) is 32.8 Å². The van der Waals surface area contributed by atoms with E-state index in [4.69, 9.17) is 15.1 Å². The zero-order chi connectivity index (χ0) is 13.9. The molecule has 0 saturated carbocycles. The Hall–Kier alpha value is -1.57. The summed E-state index contributed by atoms with van der Waals surface area (Å²) in [5.74, 6) is 0.803. The first-order chi connectivity index (χ1) is 9.30. The van der Waals surface area contributed by atoms with Crippen LogP contribution in [0.25, 0.3) is 0 Å². The van der Waals surface area contributed by atoms with Crippen LogP contribution in [0.2, 0.25) is 0 Å². The lowest BCUT2D eigenvalue weighted by atomic mass is 10.2. The van der Waals surface area contributed by atoms with E-state index in [-0.39, 0.29) is 6.61 Å². The molecule has 0 radical (unpaired) electrons. The number of hydrogen-bond donors (Lipinski definition) is 1. The second kappa shape index (κ2) is 9.37. The van der Waals surface area contributed by atoms with Gasteiger partial charge in [0.05, 0.1) is 18.2 Å². The van der Waals surface area contributed by atoms with Crippen LogP contribution in [0.3, 0.4) is 0 Å². The van der Waals surface area contributed by atoms with Gasteiger partial charge in [-0.25, -0.2) is 0 Å². The van der Waals surface area contributed by atoms with Gasteiger partial charge in [0.25, 0.3) is 0 Å². The average Bonchev–Trinajstić information content (AvgIpc) is 2.47. The molecule has 0 bridgehead atoms. The van der Waals surface area contributed by atoms with Crippen LogP contribution in [-0.2, 0) is 0 Å². The van der Waals surface area contributed by atoms with Crippen molar-refractivity contribution in [1.29, 1.82) is 5.26 Å². The first-order valence-corrected chi connectivity index (χ1v) is 6.76. The molecule has 1 aromatic rings. The fraction of sp³-hybridized carbons (Fsp3) is 0.533. The van der Waals surface area contributed by atoms with Crippen molar-refractivity contribution >= 4 is 0 Å². The maximum absolute atomic E-state index is 8.80. The average molecular weight is 262 g/mol. The highest BCUT2D eigenvalue weighted by Gasteiger charge is 2.01. The number of benzene rings is 1. The van der Waals surface area contributed by atoms with E-state index in [1.54, 1.807) is 12.1 Å². The molecule has 0 amide bonds. The zero-order valence-electron chi connectivity index (χ0n) is 11.5. The summed E-state index contributed by atoms with van der Waals surface area (Å²) in [6.07, 6.45) is 1.78. The van der Waals surface area contributed by atoms with Gasteiger partial charge < -0.3 is 14.7 Å². The smallest absolute Gasteiger partial charge is 0.119 e. The van der Waals surface area contributed by atoms with Gasteiger partial charge in [-0.15, -0.1) is 0 Å². The van der Waals surface area contributed by atoms with Crippen LogP contribution in [0.4, 0.5) is 0 Å². The minimum Gasteiger partial charge on any atom is -0.494 e. The van der Waals surface area contributed by atoms with Gasteiger partial charge >= 0.3 is 0 Å². The molecule has 0 fully saturated rings. The minimum absolute atomic E-state index is 0.248. The van der Waals surface area contributed by atoms with E-state index in [9.17, 15) is 0 Å². The Labute approximate surface area is 115 Å². The van der Waals surface area contributed by atoms with E-state index in [0.717, 1.165) is 38.2 Å². The van der Waals surface area contributed by atoms with Gasteiger partial charge in [-0.2, -0.15) is 5.26 Å². The molecule has 0 atom stereocenters. The lowest BCUT2D eigenvalue weighted by molar-refractivity contribution is 0.213. The standard InChI is InChI=1S/C15H22N2O2/c1-2-17(9-3-11-18)10-4-12-19-15-7-5-14(13-16)6-8-15/h5-8,18H,2-4,9-12H2,1H3. The number of nitrogens with zero attached hydrogens (tertiary/aromatic N) is 2. The summed E-state index contributed by atoms with van der Waals surface area (Å²) in [6, 6.07) is 9.24. The molecule has 4 nitrogen and oxygen atoms in total. The molecule has 0 aromatic heterocycles. The monoisotopic (exact) mass is 262 g/mol. The van der Waals surface area contributed by atoms with Crippen LogP contribution in [-0.4, -0.2) is 42.9 Å². The molecule has 0 heterocycles. The summed E-state index contributed by atoms with van der Waals surface area (Å²) >= 11 is 0. The minimum atomic E-state index is 0.248. The Kier molecular flexibility index (Phi) is 7.64. The van der Waals surface area contributed by atoms with Gasteiger partial charge in [0, 0.05) is 19.7 Å². The van der Waals surface area contributed by atoms with Crippen LogP contribution in [0.15, 0.2) is 24.3 Å². The molecule has 0 aliphatic carbocycles. The molecule has 0 spiro atoms. The first kappa shape index (κ1) is 15.5. The van der Waals surface area contributed by atoms with Crippen molar-refractivity contribution in [3.63, 3.8) is 0 Å². The van der Waals surface area contributed by atoms with Crippen LogP contribution >= 0.6 is 0 Å². The molecule has 1 rings (SSSR count). The molecule has 19 heavy (non-hydrogen) atoms. The molecule has 1 N–H and O–H groups in total. The third-order valence-electron chi connectivity index (χ3n) is 2.95. The van der Waals surface area contributed by atoms with Crippen molar-refractivity contribution in [2.45, 2.75) is 19.8 Å². The molecule has 0 saturated heterocycles. The zero-order valence-corrected chi connectivity index (χ0v) is 11.5. The van der Waals surface area contributed by atoms with Gasteiger partial charge in [-0.1, -0.05) is 6.92 Å². The SMILES string of the molecule is CCN(CCCO)CCCOc1ccc(C#N)cc1. The second-order valence-electron chi connectivity index (χ2n) is 4.35. The molecule has 0 unspecified atom stereocenters. The lowest BCUT2D eigenvalue weighted by Crippen LogP contribution is -2.27. The third-order valence-corrected chi connectivity index (χ3v) is 2.95. The van der Waals surface area contributed by atoms with E-state index in [2.05, 4.69) is 17.9 Å². The second-order valence-corrected chi connectivity index (χ2v) is 4.35. The summed E-state index contributed by atoms with van der Waals surface area (Å²) in [4.78, 5) is 2.30. The normalized spacial score (nSPS) is 10.4. The Bertz CT molecular complexity index is 384. The van der Waals surface area contributed by atoms with Gasteiger partial charge in [-0.3, -0.25) is 0 Å². The fourth-order valence-electron chi connectivity index (χ4n) is 1.83. The van der Waals surface area contributed by atoms with E-state index >= 15 is 0 Å². The molecule has 4 heteroatoms. The van der Waals surface area contributed by atoms with E-state index in [0.29, 0.717) is 12.2 Å². The number of nitriles is 1. The number of aliphatic hydroxyl groups is 1. The Morgan fingerprint density at radius 2 is 1.89 bits per heavy atom. The van der Waals surface area contributed by atoms with Crippen LogP contribution in [0.5, 0.6) is 5.75 Å². The summed E-state index contributed by atoms with van der Waals surface area (Å²) in [7, 11) is 0. The van der Waals surface area contributed by atoms with Crippen molar-refractivity contribution in [3.05, 3.63) is 29.8 Å². The number of aliphatic hydroxyl groups excluding tert-OH is 1. The Balaban J connectivity index is 2.20. The predicted molar refractivity (Wildman–Crippen MR) is 75.1 cm³/mol. The predicted octanol–water partition coefficient (Wildman–Crippen LogP) is 2.03. The quantitative estimate of drug-likeness (QED) is 0.692. The highest BCUT2D eigenvalue weighted by Crippen LogP contribution is 2.11. The van der Waals surface area contributed by atoms with Gasteiger partial charge in [0.2, 0.25) is 0 Å². The van der Waals surface area contributed by atoms with Crippen molar-refractivity contribution in [3.8, 4) is 11.8 Å². The maximum Gasteiger partial charge on any atom is 0.119 e. The Morgan fingerprint density at radius 3 is 2.47 bits per heavy atom. The largest absolute Gasteiger partial charge is 0.494 e. The molecule has 104 valence electrons. The topological polar surface area (TPSA) is 56.5 Å². The molecular formula is C15H22N2O2. The van der Waals surface area contributed by atoms with E-state index in [1.165, 1.54) is 0 Å². The van der Waals surface area contributed by atoms with Gasteiger partial charge in [0.15, 0.2) is 0 Å². The fourth-order valence-corrected chi connectivity index (χ4v) is 1.83. The first-order valence-electron chi connectivity index (χ1n) is 6.76. The van der Waals surface area contributed by atoms with Crippen molar-refractivity contribution < 1.29 is 9.84 Å². The van der Waals surface area contributed by atoms with Crippen LogP contribution in [0.1, 0.15) is 25.3 Å². The van der Waals surface area contributed by atoms with Crippen molar-refractivity contribution in [1.82, 2.24) is 4.90 Å². The third kappa shape index (κ3) is 6.23. The number of ether oxygens (including phenoxy) is 1. The number of rotatable bonds is 9. The summed E-state index contributed by atoms with van der Waals surface area (Å²) in [6.45, 7) is 5.95. The highest BCUT2D eigenvalue weighted by atomic mass is 16.5. The molecular weight excluding hydrogens is 240 g/mol. The van der Waals surface area contributed by atoms with Crippen LogP contribution in [0, 0.1) is 11.3 Å². The highest BCUT2D eigenvalue weighted by molar-refractivity contribution is 5.34. The maximum atomic E-state index is 8.80. The van der Waals surface area contributed by atoms with E-state index < -0.39 is 0 Å². The molecule has 1 aromatic carbocycles. The summed E-state index contributed by atoms with van der Waals surface area (Å²) in [5, 5.41) is 17.5. The molecule has 0 aliphatic rings.